The summed E-state index contributed by atoms with van der Waals surface area (Å²) in [5.74, 6) is 2.70. The van der Waals surface area contributed by atoms with Gasteiger partial charge in [-0.05, 0) is 50.3 Å². The lowest BCUT2D eigenvalue weighted by Crippen LogP contribution is -2.42. The van der Waals surface area contributed by atoms with Crippen LogP contribution in [0.15, 0.2) is 52.9 Å². The van der Waals surface area contributed by atoms with Crippen molar-refractivity contribution in [1.29, 1.82) is 0 Å². The molecule has 0 saturated carbocycles. The summed E-state index contributed by atoms with van der Waals surface area (Å²) in [5.41, 5.74) is 4.35. The van der Waals surface area contributed by atoms with Gasteiger partial charge < -0.3 is 9.47 Å². The molecule has 1 aromatic carbocycles. The number of hydrogen-bond acceptors (Lipinski definition) is 3. The van der Waals surface area contributed by atoms with E-state index in [1.807, 2.05) is 0 Å². The molecule has 31 heavy (non-hydrogen) atoms. The number of unbranched alkanes of at least 4 members (excludes halogenated alkanes) is 1. The summed E-state index contributed by atoms with van der Waals surface area (Å²) < 4.78 is 12.4. The Morgan fingerprint density at radius 1 is 1.23 bits per heavy atom. The van der Waals surface area contributed by atoms with Crippen LogP contribution in [0.2, 0.25) is 19.6 Å². The van der Waals surface area contributed by atoms with E-state index < -0.39 is 13.5 Å². The van der Waals surface area contributed by atoms with Gasteiger partial charge in [-0.25, -0.2) is 4.99 Å². The molecular weight excluding hydrogens is 422 g/mol. The second-order valence-corrected chi connectivity index (χ2v) is 15.9. The first-order chi connectivity index (χ1) is 14.6. The average Bonchev–Trinajstić information content (AvgIpc) is 3.08. The predicted octanol–water partition coefficient (Wildman–Crippen LogP) is 6.99. The number of halogens is 1. The highest BCUT2D eigenvalue weighted by molar-refractivity contribution is 6.80. The summed E-state index contributed by atoms with van der Waals surface area (Å²) in [7, 11) is 0.553. The summed E-state index contributed by atoms with van der Waals surface area (Å²) >= 11 is 6.05. The minimum Gasteiger partial charge on any atom is -0.500 e. The Bertz CT molecular complexity index is 868. The van der Waals surface area contributed by atoms with Gasteiger partial charge in [-0.1, -0.05) is 62.1 Å². The fourth-order valence-electron chi connectivity index (χ4n) is 4.64. The second kappa shape index (κ2) is 9.54. The monoisotopic (exact) mass is 459 g/mol. The number of rotatable bonds is 9. The Balaban J connectivity index is 2.12. The molecule has 1 heterocycles. The number of hydrogen-bond donors (Lipinski definition) is 0. The van der Waals surface area contributed by atoms with E-state index >= 15 is 0 Å². The molecule has 0 fully saturated rings. The maximum absolute atomic E-state index is 6.28. The first-order valence-electron chi connectivity index (χ1n) is 11.5. The molecule has 3 rings (SSSR count). The highest BCUT2D eigenvalue weighted by atomic mass is 35.5. The van der Waals surface area contributed by atoms with E-state index in [4.69, 9.17) is 26.1 Å². The van der Waals surface area contributed by atoms with E-state index in [1.54, 1.807) is 7.11 Å². The maximum atomic E-state index is 6.28. The molecule has 1 aliphatic heterocycles. The number of ether oxygens (including phenoxy) is 2. The van der Waals surface area contributed by atoms with Gasteiger partial charge in [0.1, 0.15) is 17.8 Å². The van der Waals surface area contributed by atoms with Crippen LogP contribution >= 0.6 is 11.6 Å². The van der Waals surface area contributed by atoms with E-state index in [0.717, 1.165) is 37.3 Å². The molecule has 1 aliphatic carbocycles. The first kappa shape index (κ1) is 24.1. The third kappa shape index (κ3) is 5.28. The van der Waals surface area contributed by atoms with Crippen LogP contribution in [0.4, 0.5) is 0 Å². The van der Waals surface area contributed by atoms with Gasteiger partial charge >= 0.3 is 0 Å². The predicted molar refractivity (Wildman–Crippen MR) is 135 cm³/mol. The van der Waals surface area contributed by atoms with Crippen molar-refractivity contribution in [2.75, 3.05) is 19.6 Å². The van der Waals surface area contributed by atoms with Crippen molar-refractivity contribution >= 4 is 25.6 Å². The van der Waals surface area contributed by atoms with E-state index in [2.05, 4.69) is 75.6 Å². The van der Waals surface area contributed by atoms with Crippen molar-refractivity contribution in [2.45, 2.75) is 76.0 Å². The minimum absolute atomic E-state index is 0.223. The van der Waals surface area contributed by atoms with Gasteiger partial charge in [-0.15, -0.1) is 11.6 Å². The Kier molecular flexibility index (Phi) is 7.42. The van der Waals surface area contributed by atoms with Crippen LogP contribution in [0, 0.1) is 0 Å². The second-order valence-electron chi connectivity index (χ2n) is 10.5. The van der Waals surface area contributed by atoms with Crippen LogP contribution in [-0.4, -0.2) is 39.1 Å². The Morgan fingerprint density at radius 3 is 2.58 bits per heavy atom. The fourth-order valence-corrected chi connectivity index (χ4v) is 5.67. The Hall–Kier alpha value is -1.52. The molecule has 0 radical (unpaired) electrons. The van der Waals surface area contributed by atoms with Gasteiger partial charge in [0.05, 0.1) is 20.7 Å². The van der Waals surface area contributed by atoms with Crippen LogP contribution in [0.5, 0.6) is 0 Å². The van der Waals surface area contributed by atoms with Gasteiger partial charge in [0, 0.05) is 11.8 Å². The standard InChI is InChI=1S/C26H38ClNO2Si/c1-25(2)19-30-24(28-25)26(15-9-10-16-27)22-14-8-7-13-21(22)20(18-23(26)29-3)12-11-17-31(4,5)6/h7-8,11,13-14,17-18,20H,9-10,12,15-16,19H2,1-6H3/b17-11+/t20?,26-/m1/s1. The molecule has 0 bridgehead atoms. The summed E-state index contributed by atoms with van der Waals surface area (Å²) in [6.07, 6.45) is 8.48. The summed E-state index contributed by atoms with van der Waals surface area (Å²) in [6.45, 7) is 12.0. The molecule has 1 unspecified atom stereocenters. The van der Waals surface area contributed by atoms with Crippen LogP contribution in [-0.2, 0) is 14.9 Å². The third-order valence-electron chi connectivity index (χ3n) is 6.09. The molecular formula is C26H38ClNO2Si. The van der Waals surface area contributed by atoms with E-state index in [-0.39, 0.29) is 11.5 Å². The molecule has 0 N–H and O–H groups in total. The van der Waals surface area contributed by atoms with E-state index in [9.17, 15) is 0 Å². The maximum Gasteiger partial charge on any atom is 0.202 e. The normalized spacial score (nSPS) is 25.1. The molecule has 0 saturated heterocycles. The van der Waals surface area contributed by atoms with Gasteiger partial charge in [-0.2, -0.15) is 0 Å². The largest absolute Gasteiger partial charge is 0.500 e. The van der Waals surface area contributed by atoms with Gasteiger partial charge in [0.2, 0.25) is 5.90 Å². The van der Waals surface area contributed by atoms with Crippen LogP contribution in [0.3, 0.4) is 0 Å². The number of methoxy groups -OCH3 is 1. The lowest BCUT2D eigenvalue weighted by Gasteiger charge is -2.41. The summed E-state index contributed by atoms with van der Waals surface area (Å²) in [4.78, 5) is 5.04. The SMILES string of the molecule is COC1=CC(C/C=C/[Si](C)(C)C)c2ccccc2[C@@]1(CCCCCl)C1=NC(C)(C)CO1. The number of allylic oxidation sites excluding steroid dienone is 2. The first-order valence-corrected chi connectivity index (χ1v) is 15.6. The zero-order valence-electron chi connectivity index (χ0n) is 20.0. The van der Waals surface area contributed by atoms with Crippen LogP contribution < -0.4 is 0 Å². The van der Waals surface area contributed by atoms with Crippen molar-refractivity contribution in [1.82, 2.24) is 0 Å². The molecule has 5 heteroatoms. The molecule has 2 atom stereocenters. The van der Waals surface area contributed by atoms with Gasteiger partial charge in [0.25, 0.3) is 0 Å². The van der Waals surface area contributed by atoms with Crippen LogP contribution in [0.25, 0.3) is 0 Å². The number of benzene rings is 1. The lowest BCUT2D eigenvalue weighted by atomic mass is 9.66. The number of nitrogens with zero attached hydrogens (tertiary/aromatic N) is 1. The lowest BCUT2D eigenvalue weighted by molar-refractivity contribution is 0.204. The van der Waals surface area contributed by atoms with E-state index in [1.165, 1.54) is 11.1 Å². The summed E-state index contributed by atoms with van der Waals surface area (Å²) in [6, 6.07) is 8.78. The highest BCUT2D eigenvalue weighted by Gasteiger charge is 2.51. The van der Waals surface area contributed by atoms with Crippen molar-refractivity contribution in [3.05, 3.63) is 59.0 Å². The number of alkyl halides is 1. The van der Waals surface area contributed by atoms with E-state index in [0.29, 0.717) is 12.5 Å². The van der Waals surface area contributed by atoms with Crippen molar-refractivity contribution < 1.29 is 9.47 Å². The smallest absolute Gasteiger partial charge is 0.202 e. The van der Waals surface area contributed by atoms with Gasteiger partial charge in [-0.3, -0.25) is 0 Å². The molecule has 3 nitrogen and oxygen atoms in total. The highest BCUT2D eigenvalue weighted by Crippen LogP contribution is 2.49. The Morgan fingerprint density at radius 2 is 1.97 bits per heavy atom. The zero-order valence-corrected chi connectivity index (χ0v) is 21.8. The molecule has 170 valence electrons. The molecule has 2 aliphatic rings. The molecule has 1 aromatic rings. The quantitative estimate of drug-likeness (QED) is 0.226. The topological polar surface area (TPSA) is 30.8 Å². The van der Waals surface area contributed by atoms with Crippen molar-refractivity contribution in [3.8, 4) is 0 Å². The summed E-state index contributed by atoms with van der Waals surface area (Å²) in [5, 5.41) is 0. The molecule has 0 aromatic heterocycles. The van der Waals surface area contributed by atoms with Crippen molar-refractivity contribution in [2.24, 2.45) is 4.99 Å². The average molecular weight is 460 g/mol. The van der Waals surface area contributed by atoms with Gasteiger partial charge in [0.15, 0.2) is 0 Å². The molecule has 0 amide bonds. The Labute approximate surface area is 194 Å². The molecule has 0 spiro atoms. The van der Waals surface area contributed by atoms with Crippen molar-refractivity contribution in [3.63, 3.8) is 0 Å². The zero-order chi connectivity index (χ0) is 22.7. The number of fused-ring (bicyclic) bond motifs is 1. The number of aliphatic imine (C=N–C) groups is 1. The van der Waals surface area contributed by atoms with Crippen LogP contribution in [0.1, 0.15) is 56.6 Å². The fraction of sp³-hybridized carbons (Fsp3) is 0.577. The third-order valence-corrected chi connectivity index (χ3v) is 7.59. The minimum atomic E-state index is -1.23.